The van der Waals surface area contributed by atoms with Gasteiger partial charge in [0.2, 0.25) is 5.88 Å². The summed E-state index contributed by atoms with van der Waals surface area (Å²) in [6.45, 7) is 13.7. The molecule has 0 atom stereocenters. The van der Waals surface area contributed by atoms with Crippen LogP contribution >= 0.6 is 11.6 Å². The molecule has 0 aliphatic carbocycles. The second-order valence-electron chi connectivity index (χ2n) is 32.7. The fourth-order valence-corrected chi connectivity index (χ4v) is 17.3. The number of aliphatic imine (C=N–C) groups is 5. The maximum absolute atomic E-state index is 12.0. The number of hydrogen-bond acceptors (Lipinski definition) is 30. The number of ketones is 5. The van der Waals surface area contributed by atoms with Crippen LogP contribution in [0.25, 0.3) is 117 Å². The smallest absolute Gasteiger partial charge is 0.294 e. The highest BCUT2D eigenvalue weighted by molar-refractivity contribution is 6.29. The van der Waals surface area contributed by atoms with Crippen LogP contribution in [0, 0.1) is 20.4 Å². The molecule has 38 nitrogen and oxygen atoms in total. The average Bonchev–Trinajstić information content (AvgIpc) is 1.77. The summed E-state index contributed by atoms with van der Waals surface area (Å²) in [4.78, 5) is 123. The molecule has 0 bridgehead atoms. The predicted molar refractivity (Wildman–Crippen MR) is 537 cm³/mol. The summed E-state index contributed by atoms with van der Waals surface area (Å²) < 4.78 is 21.3. The number of nitrogens with one attached hydrogen (secondary N) is 1. The van der Waals surface area contributed by atoms with Crippen LogP contribution in [0.4, 0.5) is 5.82 Å². The molecule has 0 amide bonds. The van der Waals surface area contributed by atoms with E-state index in [-0.39, 0.29) is 80.3 Å². The Kier molecular flexibility index (Phi) is 25.8. The number of ether oxygens (including phenoxy) is 2. The number of pyridine rings is 2. The molecule has 0 fully saturated rings. The van der Waals surface area contributed by atoms with E-state index in [1.165, 1.54) is 0 Å². The van der Waals surface area contributed by atoms with Crippen molar-refractivity contribution in [3.05, 3.63) is 331 Å². The molecule has 0 radical (unpaired) electrons. The van der Waals surface area contributed by atoms with Gasteiger partial charge in [-0.15, -0.1) is 9.61 Å². The molecular weight excluding hydrogens is 1810 g/mol. The number of Topliss-reactive ketones (excluding diaryl/α,β-unsaturated/α-hetero) is 5. The Hall–Kier alpha value is -17.8. The van der Waals surface area contributed by atoms with Gasteiger partial charge in [-0.3, -0.25) is 62.5 Å². The number of imidazole rings is 6. The van der Waals surface area contributed by atoms with E-state index in [4.69, 9.17) is 62.0 Å². The van der Waals surface area contributed by atoms with Gasteiger partial charge in [0.15, 0.2) is 51.5 Å². The zero-order chi connectivity index (χ0) is 98.0. The van der Waals surface area contributed by atoms with Gasteiger partial charge >= 0.3 is 0 Å². The maximum atomic E-state index is 12.0. The van der Waals surface area contributed by atoms with Crippen LogP contribution in [-0.4, -0.2) is 225 Å². The Balaban J connectivity index is 0.000000108. The Morgan fingerprint density at radius 3 is 1.18 bits per heavy atom. The molecule has 13 N–H and O–H groups in total. The first-order valence-corrected chi connectivity index (χ1v) is 44.7. The van der Waals surface area contributed by atoms with Crippen molar-refractivity contribution in [3.63, 3.8) is 0 Å². The topological polar surface area (TPSA) is 527 Å². The van der Waals surface area contributed by atoms with Crippen molar-refractivity contribution in [2.45, 2.75) is 20.4 Å². The fourth-order valence-electron chi connectivity index (χ4n) is 17.1. The van der Waals surface area contributed by atoms with Crippen LogP contribution in [0.5, 0.6) is 11.6 Å². The van der Waals surface area contributed by atoms with Crippen LogP contribution in [0.3, 0.4) is 0 Å². The van der Waals surface area contributed by atoms with Crippen molar-refractivity contribution in [1.82, 2.24) is 87.4 Å². The Bertz CT molecular complexity index is 8480. The molecule has 24 rings (SSSR count). The largest absolute Gasteiger partial charge is 0.497 e. The third-order valence-electron chi connectivity index (χ3n) is 24.2. The van der Waals surface area contributed by atoms with Gasteiger partial charge in [-0.05, 0) is 152 Å². The summed E-state index contributed by atoms with van der Waals surface area (Å²) >= 11 is 5.98. The minimum Gasteiger partial charge on any atom is -0.497 e. The number of aromatic amines is 1. The predicted octanol–water partition coefficient (Wildman–Crippen LogP) is 10.8. The summed E-state index contributed by atoms with van der Waals surface area (Å²) in [5.74, 6) is 1.61. The van der Waals surface area contributed by atoms with Gasteiger partial charge < -0.3 is 48.7 Å². The molecule has 0 saturated carbocycles. The highest BCUT2D eigenvalue weighted by atomic mass is 35.5. The number of hydrogen-bond donors (Lipinski definition) is 7. The van der Waals surface area contributed by atoms with E-state index < -0.39 is 0 Å². The Labute approximate surface area is 805 Å². The molecule has 0 spiro atoms. The second-order valence-corrected chi connectivity index (χ2v) is 33.1. The van der Waals surface area contributed by atoms with Gasteiger partial charge in [0.1, 0.15) is 60.6 Å². The average molecular weight is 1890 g/mol. The third kappa shape index (κ3) is 18.1. The van der Waals surface area contributed by atoms with E-state index in [0.717, 1.165) is 163 Å². The van der Waals surface area contributed by atoms with Gasteiger partial charge in [0, 0.05) is 158 Å². The number of methoxy groups -OCH3 is 2. The molecule has 0 unspecified atom stereocenters. The number of nitrogens with zero attached hydrogens (tertiary/aromatic N) is 23. The zero-order valence-electron chi connectivity index (χ0n) is 76.1. The van der Waals surface area contributed by atoms with Gasteiger partial charge in [-0.1, -0.05) is 60.6 Å². The summed E-state index contributed by atoms with van der Waals surface area (Å²) in [6.07, 6.45) is 14.6. The highest BCUT2D eigenvalue weighted by Crippen LogP contribution is 2.35. The van der Waals surface area contributed by atoms with Crippen LogP contribution in [0.2, 0.25) is 5.15 Å². The highest BCUT2D eigenvalue weighted by Gasteiger charge is 2.29. The minimum atomic E-state index is -0.226. The standard InChI is InChI=1S/C18H16N4O2.C18H16N4O.C17H12N6O.C17H15N5O2.C16H12ClN5O.C16H14N6O/c1-24-12-4-5-22-16(9-21-18(22)7-12)11-2-3-13-14(6-11)15(8-19)20-10-17(13)23;1-11-2-5-18-21-8-16(22(18)10-11)12-3-4-13-14(6-12)15(7-19)20-9-17(13)23;1-19-16-4-5-17-21-8-14(23(17)22-16)10-2-3-11-12(6-10)13(7-18)20-9-15(11)24;1-24-17-5-4-16-20-8-14(22(16)21-17)10-2-3-11-12(6-10)13(7-18)19-9-15(11)23;17-15-3-4-16-20-7-13(22(16)21-15)9-1-2-10-11(5-9)12(6-18)19-8-14(10)23;1-9-2-5-15-18-8-14(22(15)21-9)10-3-4-11-12(6-10)13(7-17)19-20-16(11)23/h2-7,9H,8,10,19H2,1H3;2-6,8,10H,7,9,19H2,1H3;2-6,8H,7,9,18H2;2-6,8H,7,9,18H2,1H3;1-5,7H,6,8,18H2;2-6,8H,7,17H2,1H3,(H,20,23). The molecule has 5 aliphatic rings. The molecule has 6 aromatic carbocycles. The van der Waals surface area contributed by atoms with Crippen molar-refractivity contribution in [2.75, 3.05) is 79.7 Å². The van der Waals surface area contributed by atoms with Crippen molar-refractivity contribution < 1.29 is 33.4 Å². The third-order valence-corrected chi connectivity index (χ3v) is 24.4. The number of rotatable bonds is 14. The van der Waals surface area contributed by atoms with Crippen LogP contribution in [0.1, 0.15) is 96.6 Å². The van der Waals surface area contributed by atoms with Crippen LogP contribution in [0.15, 0.2) is 261 Å². The quantitative estimate of drug-likeness (QED) is 0.0497. The number of fused-ring (bicyclic) bond motifs is 12. The lowest BCUT2D eigenvalue weighted by Crippen LogP contribution is -2.25. The summed E-state index contributed by atoms with van der Waals surface area (Å²) in [5.41, 5.74) is 63.2. The van der Waals surface area contributed by atoms with E-state index >= 15 is 0 Å². The normalized spacial score (nSPS) is 13.4. The van der Waals surface area contributed by atoms with Gasteiger partial charge in [0.05, 0.1) is 125 Å². The van der Waals surface area contributed by atoms with Crippen LogP contribution < -0.4 is 49.4 Å². The number of aromatic nitrogens is 18. The maximum Gasteiger partial charge on any atom is 0.294 e. The first kappa shape index (κ1) is 92.2. The lowest BCUT2D eigenvalue weighted by atomic mass is 9.94. The SMILES string of the molecule is COc1ccc2ncc(-c3ccc4c(c3)C(CN)=NCC4=O)n2n1.COc1ccn2c(-c3ccc4c(c3)C(CN)=NCC4=O)cnc2c1.Cc1ccc2ncc(-c3ccc4c(=O)[nH]nc(CN)c4c3)n2n1.Cc1ccc2ncc(-c3ccc4c(c3)C(CN)=NCC4=O)n2c1.NCC1=NCC(=O)c2ccc(-c3cnc4ccc(Cl)nn34)cc21.[C-]#[N+]c1ccc2ncc(-c3ccc4c(c3)C(CN)=NCC4=O)n2n1. The van der Waals surface area contributed by atoms with E-state index in [2.05, 4.69) is 101 Å². The van der Waals surface area contributed by atoms with E-state index in [1.807, 2.05) is 164 Å². The first-order chi connectivity index (χ1) is 68.6. The lowest BCUT2D eigenvalue weighted by Gasteiger charge is -2.16. The molecule has 698 valence electrons. The molecule has 39 heteroatoms. The number of benzene rings is 6. The number of carbonyl (C=O) groups is 5. The van der Waals surface area contributed by atoms with E-state index in [0.29, 0.717) is 98.9 Å². The minimum absolute atomic E-state index is 0.00283. The van der Waals surface area contributed by atoms with Crippen molar-refractivity contribution in [3.8, 4) is 79.2 Å². The van der Waals surface area contributed by atoms with E-state index in [1.54, 1.807) is 112 Å². The van der Waals surface area contributed by atoms with Gasteiger partial charge in [-0.25, -0.2) is 48.5 Å². The number of aryl methyl sites for hydroxylation is 2. The van der Waals surface area contributed by atoms with Gasteiger partial charge in [-0.2, -0.15) is 15.3 Å². The molecule has 18 heterocycles. The molecule has 5 aliphatic heterocycles. The second kappa shape index (κ2) is 39.5. The number of carbonyl (C=O) groups excluding carboxylic acids is 5. The molecular formula is C102H85ClN30O8. The molecule has 141 heavy (non-hydrogen) atoms. The molecule has 0 saturated heterocycles. The number of H-pyrrole nitrogens is 1. The van der Waals surface area contributed by atoms with Crippen molar-refractivity contribution in [1.29, 1.82) is 0 Å². The zero-order valence-corrected chi connectivity index (χ0v) is 76.9. The molecule has 19 aromatic rings. The van der Waals surface area contributed by atoms with Crippen molar-refractivity contribution >= 4 is 120 Å². The van der Waals surface area contributed by atoms with E-state index in [9.17, 15) is 28.8 Å². The Morgan fingerprint density at radius 2 is 0.738 bits per heavy atom. The van der Waals surface area contributed by atoms with Crippen LogP contribution in [-0.2, 0) is 6.54 Å². The first-order valence-electron chi connectivity index (χ1n) is 44.3. The number of nitrogens with two attached hydrogens (primary N) is 6. The Morgan fingerprint density at radius 1 is 0.362 bits per heavy atom. The fraction of sp³-hybridized carbons (Fsp3) is 0.147. The lowest BCUT2D eigenvalue weighted by molar-refractivity contribution is 0.0992. The van der Waals surface area contributed by atoms with Crippen molar-refractivity contribution in [2.24, 2.45) is 59.4 Å². The monoisotopic (exact) mass is 1890 g/mol. The molecule has 13 aromatic heterocycles. The number of halogens is 1. The van der Waals surface area contributed by atoms with Gasteiger partial charge in [0.25, 0.3) is 11.4 Å². The summed E-state index contributed by atoms with van der Waals surface area (Å²) in [7, 11) is 3.20. The summed E-state index contributed by atoms with van der Waals surface area (Å²) in [5, 5.41) is 25.6. The summed E-state index contributed by atoms with van der Waals surface area (Å²) in [6, 6.07) is 56.0.